The van der Waals surface area contributed by atoms with Gasteiger partial charge in [0.2, 0.25) is 0 Å². The molecule has 1 N–H and O–H groups in total. The van der Waals surface area contributed by atoms with E-state index in [4.69, 9.17) is 0 Å². The first-order chi connectivity index (χ1) is 8.75. The molecule has 2 heteroatoms. The first kappa shape index (κ1) is 16.0. The first-order valence-corrected chi connectivity index (χ1v) is 8.17. The van der Waals surface area contributed by atoms with Gasteiger partial charge in [0.1, 0.15) is 0 Å². The molecule has 0 amide bonds. The molecule has 18 heavy (non-hydrogen) atoms. The summed E-state index contributed by atoms with van der Waals surface area (Å²) >= 11 is 0. The minimum atomic E-state index is 0.402. The Morgan fingerprint density at radius 3 is 2.11 bits per heavy atom. The summed E-state index contributed by atoms with van der Waals surface area (Å²) in [6.45, 7) is 9.68. The molecular weight excluding hydrogens is 220 g/mol. The van der Waals surface area contributed by atoms with Crippen LogP contribution in [0.5, 0.6) is 0 Å². The lowest BCUT2D eigenvalue weighted by Crippen LogP contribution is -2.59. The number of nitrogens with one attached hydrogen (secondary N) is 1. The second kappa shape index (κ2) is 8.16. The Balaban J connectivity index is 2.71. The van der Waals surface area contributed by atoms with Crippen molar-refractivity contribution >= 4 is 0 Å². The summed E-state index contributed by atoms with van der Waals surface area (Å²) in [6.07, 6.45) is 10.8. The highest BCUT2D eigenvalue weighted by atomic mass is 15.2. The third-order valence-corrected chi connectivity index (χ3v) is 5.05. The van der Waals surface area contributed by atoms with Crippen LogP contribution in [-0.2, 0) is 0 Å². The molecule has 2 nitrogen and oxygen atoms in total. The monoisotopic (exact) mass is 254 g/mol. The van der Waals surface area contributed by atoms with Gasteiger partial charge in [-0.25, -0.2) is 0 Å². The highest BCUT2D eigenvalue weighted by Crippen LogP contribution is 2.33. The molecule has 0 spiro atoms. The second-order valence-electron chi connectivity index (χ2n) is 5.84. The lowest BCUT2D eigenvalue weighted by molar-refractivity contribution is 0.0606. The van der Waals surface area contributed by atoms with Crippen molar-refractivity contribution in [2.75, 3.05) is 20.1 Å². The van der Waals surface area contributed by atoms with Gasteiger partial charge in [0.05, 0.1) is 0 Å². The highest BCUT2D eigenvalue weighted by molar-refractivity contribution is 4.99. The minimum Gasteiger partial charge on any atom is -0.315 e. The zero-order valence-corrected chi connectivity index (χ0v) is 13.1. The summed E-state index contributed by atoms with van der Waals surface area (Å²) in [5.74, 6) is 0. The van der Waals surface area contributed by atoms with Gasteiger partial charge < -0.3 is 5.32 Å². The summed E-state index contributed by atoms with van der Waals surface area (Å²) in [6, 6.07) is 0.664. The van der Waals surface area contributed by atoms with Crippen molar-refractivity contribution in [3.05, 3.63) is 0 Å². The Labute approximate surface area is 115 Å². The van der Waals surface area contributed by atoms with E-state index in [0.29, 0.717) is 11.6 Å². The Bertz CT molecular complexity index is 205. The molecule has 1 aliphatic heterocycles. The Morgan fingerprint density at radius 2 is 1.67 bits per heavy atom. The molecule has 1 heterocycles. The lowest BCUT2D eigenvalue weighted by Gasteiger charge is -2.47. The molecule has 108 valence electrons. The number of hydrogen-bond acceptors (Lipinski definition) is 2. The smallest absolute Gasteiger partial charge is 0.0357 e. The highest BCUT2D eigenvalue weighted by Gasteiger charge is 2.40. The van der Waals surface area contributed by atoms with Crippen LogP contribution >= 0.6 is 0 Å². The second-order valence-corrected chi connectivity index (χ2v) is 5.84. The SMILES string of the molecule is CCCCCC(NC)C(CC)(CC)N1CCCC1. The summed E-state index contributed by atoms with van der Waals surface area (Å²) in [7, 11) is 2.16. The topological polar surface area (TPSA) is 15.3 Å². The average Bonchev–Trinajstić information content (AvgIpc) is 2.93. The molecular formula is C16H34N2. The normalized spacial score (nSPS) is 19.3. The molecule has 0 aromatic carbocycles. The maximum Gasteiger partial charge on any atom is 0.0357 e. The number of likely N-dealkylation sites (tertiary alicyclic amines) is 1. The van der Waals surface area contributed by atoms with Crippen molar-refractivity contribution in [1.29, 1.82) is 0 Å². The van der Waals surface area contributed by atoms with E-state index in [2.05, 4.69) is 38.0 Å². The Morgan fingerprint density at radius 1 is 1.06 bits per heavy atom. The van der Waals surface area contributed by atoms with Gasteiger partial charge in [-0.2, -0.15) is 0 Å². The number of nitrogens with zero attached hydrogens (tertiary/aromatic N) is 1. The third-order valence-electron chi connectivity index (χ3n) is 5.05. The van der Waals surface area contributed by atoms with Crippen molar-refractivity contribution in [2.24, 2.45) is 0 Å². The van der Waals surface area contributed by atoms with Crippen molar-refractivity contribution in [2.45, 2.75) is 83.7 Å². The predicted octanol–water partition coefficient (Wildman–Crippen LogP) is 3.81. The maximum atomic E-state index is 3.64. The van der Waals surface area contributed by atoms with E-state index in [9.17, 15) is 0 Å². The van der Waals surface area contributed by atoms with Crippen molar-refractivity contribution in [3.63, 3.8) is 0 Å². The fraction of sp³-hybridized carbons (Fsp3) is 1.00. The standard InChI is InChI=1S/C16H34N2/c1-5-8-9-12-15(17-4)16(6-2,7-3)18-13-10-11-14-18/h15,17H,5-14H2,1-4H3. The quantitative estimate of drug-likeness (QED) is 0.629. The summed E-state index contributed by atoms with van der Waals surface area (Å²) in [5, 5.41) is 3.64. The predicted molar refractivity (Wildman–Crippen MR) is 81.1 cm³/mol. The third kappa shape index (κ3) is 3.48. The number of unbranched alkanes of at least 4 members (excludes halogenated alkanes) is 2. The molecule has 0 aliphatic carbocycles. The van der Waals surface area contributed by atoms with Crippen LogP contribution in [0.2, 0.25) is 0 Å². The molecule has 0 bridgehead atoms. The van der Waals surface area contributed by atoms with E-state index < -0.39 is 0 Å². The summed E-state index contributed by atoms with van der Waals surface area (Å²) < 4.78 is 0. The van der Waals surface area contributed by atoms with Crippen LogP contribution in [0.3, 0.4) is 0 Å². The van der Waals surface area contributed by atoms with Crippen LogP contribution < -0.4 is 5.32 Å². The Kier molecular flexibility index (Phi) is 7.25. The van der Waals surface area contributed by atoms with Crippen LogP contribution in [0.15, 0.2) is 0 Å². The molecule has 0 saturated carbocycles. The maximum absolute atomic E-state index is 3.64. The lowest BCUT2D eigenvalue weighted by atomic mass is 9.80. The van der Waals surface area contributed by atoms with E-state index in [1.165, 1.54) is 64.5 Å². The van der Waals surface area contributed by atoms with Gasteiger partial charge in [0.15, 0.2) is 0 Å². The fourth-order valence-corrected chi connectivity index (χ4v) is 3.85. The van der Waals surface area contributed by atoms with Gasteiger partial charge in [-0.3, -0.25) is 4.90 Å². The van der Waals surface area contributed by atoms with E-state index in [1.54, 1.807) is 0 Å². The van der Waals surface area contributed by atoms with Gasteiger partial charge in [0, 0.05) is 11.6 Å². The zero-order chi connectivity index (χ0) is 13.4. The average molecular weight is 254 g/mol. The molecule has 1 unspecified atom stereocenters. The van der Waals surface area contributed by atoms with Crippen LogP contribution in [-0.4, -0.2) is 36.6 Å². The van der Waals surface area contributed by atoms with E-state index in [1.807, 2.05) is 0 Å². The van der Waals surface area contributed by atoms with Gasteiger partial charge in [-0.15, -0.1) is 0 Å². The van der Waals surface area contributed by atoms with E-state index >= 15 is 0 Å². The number of rotatable bonds is 9. The largest absolute Gasteiger partial charge is 0.315 e. The number of hydrogen-bond donors (Lipinski definition) is 1. The number of likely N-dealkylation sites (N-methyl/N-ethyl adjacent to an activating group) is 1. The van der Waals surface area contributed by atoms with Gasteiger partial charge in [0.25, 0.3) is 0 Å². The van der Waals surface area contributed by atoms with Gasteiger partial charge in [-0.05, 0) is 52.2 Å². The van der Waals surface area contributed by atoms with Crippen molar-refractivity contribution in [3.8, 4) is 0 Å². The van der Waals surface area contributed by atoms with Crippen LogP contribution in [0.4, 0.5) is 0 Å². The summed E-state index contributed by atoms with van der Waals surface area (Å²) in [5.41, 5.74) is 0.402. The van der Waals surface area contributed by atoms with E-state index in [0.717, 1.165) is 0 Å². The van der Waals surface area contributed by atoms with Crippen LogP contribution in [0, 0.1) is 0 Å². The van der Waals surface area contributed by atoms with Crippen LogP contribution in [0.25, 0.3) is 0 Å². The Hall–Kier alpha value is -0.0800. The van der Waals surface area contributed by atoms with Crippen molar-refractivity contribution < 1.29 is 0 Å². The fourth-order valence-electron chi connectivity index (χ4n) is 3.85. The molecule has 0 aromatic heterocycles. The van der Waals surface area contributed by atoms with Gasteiger partial charge in [-0.1, -0.05) is 40.0 Å². The molecule has 0 radical (unpaired) electrons. The molecule has 1 atom stereocenters. The molecule has 1 aliphatic rings. The molecule has 1 saturated heterocycles. The minimum absolute atomic E-state index is 0.402. The van der Waals surface area contributed by atoms with E-state index in [-0.39, 0.29) is 0 Å². The first-order valence-electron chi connectivity index (χ1n) is 8.17. The van der Waals surface area contributed by atoms with Gasteiger partial charge >= 0.3 is 0 Å². The molecule has 1 fully saturated rings. The van der Waals surface area contributed by atoms with Crippen molar-refractivity contribution in [1.82, 2.24) is 10.2 Å². The van der Waals surface area contributed by atoms with Crippen LogP contribution in [0.1, 0.15) is 72.1 Å². The molecule has 1 rings (SSSR count). The summed E-state index contributed by atoms with van der Waals surface area (Å²) in [4.78, 5) is 2.78. The zero-order valence-electron chi connectivity index (χ0n) is 13.1. The molecule has 0 aromatic rings.